The average molecular weight is 417 g/mol. The Kier molecular flexibility index (Phi) is 4.84. The third-order valence-corrected chi connectivity index (χ3v) is 6.45. The number of hydrogen-bond donors (Lipinski definition) is 2. The summed E-state index contributed by atoms with van der Waals surface area (Å²) in [6.45, 7) is 1.28. The summed E-state index contributed by atoms with van der Waals surface area (Å²) in [5, 5.41) is 4.95. The van der Waals surface area contributed by atoms with Gasteiger partial charge in [0.05, 0.1) is 16.9 Å². The molecular weight excluding hydrogens is 400 g/mol. The molecular formula is C18H17N4O4S2+. The Labute approximate surface area is 165 Å². The second kappa shape index (κ2) is 7.30. The number of sulfonamides is 1. The molecule has 0 radical (unpaired) electrons. The zero-order valence-corrected chi connectivity index (χ0v) is 16.3. The van der Waals surface area contributed by atoms with E-state index in [1.807, 2.05) is 4.90 Å². The molecule has 8 nitrogen and oxygen atoms in total. The Bertz CT molecular complexity index is 1060. The number of anilines is 1. The Morgan fingerprint density at radius 1 is 1.04 bits per heavy atom. The third kappa shape index (κ3) is 3.75. The van der Waals surface area contributed by atoms with Gasteiger partial charge in [-0.2, -0.15) is 8.42 Å². The molecule has 0 bridgehead atoms. The van der Waals surface area contributed by atoms with E-state index in [0.717, 1.165) is 5.69 Å². The van der Waals surface area contributed by atoms with Crippen molar-refractivity contribution < 1.29 is 22.7 Å². The number of hydrogen-bond acceptors (Lipinski definition) is 7. The van der Waals surface area contributed by atoms with Crippen LogP contribution in [0.4, 0.5) is 5.69 Å². The van der Waals surface area contributed by atoms with Crippen molar-refractivity contribution in [1.82, 2.24) is 4.90 Å². The fraction of sp³-hybridized carbons (Fsp3) is 0.167. The Morgan fingerprint density at radius 3 is 2.25 bits per heavy atom. The normalized spacial score (nSPS) is 17.1. The molecule has 4 rings (SSSR count). The molecule has 0 saturated carbocycles. The highest BCUT2D eigenvalue weighted by Crippen LogP contribution is 2.23. The summed E-state index contributed by atoms with van der Waals surface area (Å²) in [6, 6.07) is 6.38. The van der Waals surface area contributed by atoms with Crippen LogP contribution in [0.25, 0.3) is 0 Å². The largest absolute Gasteiger partial charge is 0.372 e. The first kappa shape index (κ1) is 18.5. The predicted molar refractivity (Wildman–Crippen MR) is 104 cm³/mol. The molecule has 10 heteroatoms. The van der Waals surface area contributed by atoms with Crippen LogP contribution in [0, 0.1) is 0 Å². The van der Waals surface area contributed by atoms with E-state index < -0.39 is 10.0 Å². The van der Waals surface area contributed by atoms with E-state index in [9.17, 15) is 18.0 Å². The summed E-state index contributed by atoms with van der Waals surface area (Å²) in [7, 11) is -3.66. The molecule has 2 aromatic rings. The van der Waals surface area contributed by atoms with E-state index in [0.29, 0.717) is 30.9 Å². The van der Waals surface area contributed by atoms with Gasteiger partial charge >= 0.3 is 10.0 Å². The van der Waals surface area contributed by atoms with E-state index in [1.165, 1.54) is 40.3 Å². The van der Waals surface area contributed by atoms with Crippen LogP contribution in [-0.4, -0.2) is 44.6 Å². The van der Waals surface area contributed by atoms with Crippen LogP contribution < -0.4 is 14.8 Å². The summed E-state index contributed by atoms with van der Waals surface area (Å²) in [4.78, 5) is 28.3. The zero-order chi connectivity index (χ0) is 19.7. The van der Waals surface area contributed by atoms with Crippen LogP contribution in [0.1, 0.15) is 0 Å². The highest BCUT2D eigenvalue weighted by atomic mass is 32.2. The highest BCUT2D eigenvalue weighted by Gasteiger charge is 2.31. The molecule has 1 aromatic carbocycles. The lowest BCUT2D eigenvalue weighted by Crippen LogP contribution is -2.45. The Morgan fingerprint density at radius 2 is 1.68 bits per heavy atom. The molecule has 0 amide bonds. The molecule has 0 saturated heterocycles. The molecule has 2 N–H and O–H groups in total. The topological polar surface area (TPSA) is 99.5 Å². The van der Waals surface area contributed by atoms with Crippen LogP contribution in [-0.2, 0) is 19.6 Å². The van der Waals surface area contributed by atoms with Crippen molar-refractivity contribution in [2.75, 3.05) is 29.9 Å². The lowest BCUT2D eigenvalue weighted by Gasteiger charge is -2.17. The molecule has 144 valence electrons. The number of thiazole rings is 1. The summed E-state index contributed by atoms with van der Waals surface area (Å²) in [6.07, 6.45) is 4.26. The average Bonchev–Trinajstić information content (AvgIpc) is 3.33. The number of nitrogens with one attached hydrogen (secondary N) is 2. The van der Waals surface area contributed by atoms with Crippen LogP contribution in [0.2, 0.25) is 0 Å². The molecule has 0 atom stereocenters. The van der Waals surface area contributed by atoms with Crippen molar-refractivity contribution in [3.63, 3.8) is 0 Å². The lowest BCUT2D eigenvalue weighted by molar-refractivity contribution is -0.631. The monoisotopic (exact) mass is 417 g/mol. The fourth-order valence-electron chi connectivity index (χ4n) is 3.05. The molecule has 0 fully saturated rings. The molecule has 1 aliphatic carbocycles. The number of allylic oxidation sites excluding steroid dienone is 2. The summed E-state index contributed by atoms with van der Waals surface area (Å²) >= 11 is 1.38. The van der Waals surface area contributed by atoms with Gasteiger partial charge in [-0.25, -0.2) is 0 Å². The standard InChI is InChI=1S/C18H17N4O4S2/c23-17-5-6-18(24)16-10-21(9-15(16)17)11-19-13-1-3-14(4-2-13)28(25,26)20-22-7-8-27-12-22/h1-8,12,19-20H,9-11H2/q+1. The smallest absolute Gasteiger partial charge is 0.306 e. The fourth-order valence-corrected chi connectivity index (χ4v) is 4.63. The molecule has 2 heterocycles. The Balaban J connectivity index is 1.36. The van der Waals surface area contributed by atoms with Gasteiger partial charge in [-0.15, -0.1) is 0 Å². The van der Waals surface area contributed by atoms with Crippen LogP contribution in [0.15, 0.2) is 69.5 Å². The van der Waals surface area contributed by atoms with E-state index in [1.54, 1.807) is 29.2 Å². The van der Waals surface area contributed by atoms with Gasteiger partial charge in [-0.1, -0.05) is 20.8 Å². The summed E-state index contributed by atoms with van der Waals surface area (Å²) in [5.74, 6) is -0.217. The number of rotatable bonds is 6. The molecule has 2 aliphatic rings. The van der Waals surface area contributed by atoms with Gasteiger partial charge in [0.15, 0.2) is 11.6 Å². The number of aromatic nitrogens is 1. The number of benzene rings is 1. The number of nitrogens with zero attached hydrogens (tertiary/aromatic N) is 2. The maximum absolute atomic E-state index is 12.4. The van der Waals surface area contributed by atoms with E-state index in [-0.39, 0.29) is 16.5 Å². The van der Waals surface area contributed by atoms with Gasteiger partial charge in [0, 0.05) is 29.9 Å². The molecule has 1 aromatic heterocycles. The lowest BCUT2D eigenvalue weighted by atomic mass is 9.98. The van der Waals surface area contributed by atoms with Gasteiger partial charge in [0.25, 0.3) is 5.51 Å². The van der Waals surface area contributed by atoms with Crippen molar-refractivity contribution in [3.8, 4) is 0 Å². The molecule has 28 heavy (non-hydrogen) atoms. The SMILES string of the molecule is O=C1C=CC(=O)C2=C1CN(CNc1ccc(S(=O)(=O)N[n+]3ccsc3)cc1)C2. The minimum absolute atomic E-state index is 0.109. The maximum atomic E-state index is 12.4. The quantitative estimate of drug-likeness (QED) is 0.529. The van der Waals surface area contributed by atoms with Crippen LogP contribution in [0.3, 0.4) is 0 Å². The van der Waals surface area contributed by atoms with Gasteiger partial charge in [-0.3, -0.25) is 14.5 Å². The van der Waals surface area contributed by atoms with Crippen molar-refractivity contribution in [1.29, 1.82) is 0 Å². The highest BCUT2D eigenvalue weighted by molar-refractivity contribution is 7.92. The van der Waals surface area contributed by atoms with E-state index in [4.69, 9.17) is 0 Å². The zero-order valence-electron chi connectivity index (χ0n) is 14.7. The summed E-state index contributed by atoms with van der Waals surface area (Å²) in [5.41, 5.74) is 3.51. The van der Waals surface area contributed by atoms with Gasteiger partial charge in [-0.05, 0) is 36.4 Å². The van der Waals surface area contributed by atoms with Gasteiger partial charge < -0.3 is 5.32 Å². The molecule has 0 unspecified atom stereocenters. The summed E-state index contributed by atoms with van der Waals surface area (Å²) < 4.78 is 26.1. The first-order valence-corrected chi connectivity index (χ1v) is 10.9. The van der Waals surface area contributed by atoms with Crippen LogP contribution in [0.5, 0.6) is 0 Å². The van der Waals surface area contributed by atoms with E-state index in [2.05, 4.69) is 10.1 Å². The van der Waals surface area contributed by atoms with E-state index >= 15 is 0 Å². The van der Waals surface area contributed by atoms with Crippen molar-refractivity contribution in [2.24, 2.45) is 0 Å². The minimum atomic E-state index is -3.66. The van der Waals surface area contributed by atoms with Gasteiger partial charge in [0.1, 0.15) is 0 Å². The van der Waals surface area contributed by atoms with Gasteiger partial charge in [0.2, 0.25) is 6.20 Å². The molecule has 0 spiro atoms. The first-order chi connectivity index (χ1) is 13.4. The van der Waals surface area contributed by atoms with Crippen molar-refractivity contribution >= 4 is 38.6 Å². The second-order valence-electron chi connectivity index (χ2n) is 6.39. The van der Waals surface area contributed by atoms with Crippen molar-refractivity contribution in [3.05, 3.63) is 64.7 Å². The molecule has 1 aliphatic heterocycles. The Hall–Kier alpha value is -2.82. The number of carbonyl (C=O) groups is 2. The van der Waals surface area contributed by atoms with Crippen molar-refractivity contribution in [2.45, 2.75) is 4.90 Å². The first-order valence-electron chi connectivity index (χ1n) is 8.44. The van der Waals surface area contributed by atoms with Crippen LogP contribution >= 0.6 is 11.3 Å². The minimum Gasteiger partial charge on any atom is -0.372 e. The number of carbonyl (C=O) groups excluding carboxylic acids is 2. The second-order valence-corrected chi connectivity index (χ2v) is 8.81. The third-order valence-electron chi connectivity index (χ3n) is 4.48. The maximum Gasteiger partial charge on any atom is 0.306 e. The predicted octanol–water partition coefficient (Wildman–Crippen LogP) is 0.658. The number of ketones is 2.